The van der Waals surface area contributed by atoms with E-state index in [0.29, 0.717) is 17.5 Å². The number of rotatable bonds is 7. The molecule has 6 heteroatoms. The van der Waals surface area contributed by atoms with Gasteiger partial charge in [0.1, 0.15) is 0 Å². The third-order valence-electron chi connectivity index (χ3n) is 8.13. The molecule has 4 heterocycles. The van der Waals surface area contributed by atoms with Crippen LogP contribution in [0.4, 0.5) is 0 Å². The fourth-order valence-corrected chi connectivity index (χ4v) is 5.63. The summed E-state index contributed by atoms with van der Waals surface area (Å²) >= 11 is 0. The van der Waals surface area contributed by atoms with E-state index in [0.717, 1.165) is 61.5 Å². The maximum Gasteiger partial charge on any atom is 0.164 e. The van der Waals surface area contributed by atoms with Crippen molar-refractivity contribution in [3.63, 3.8) is 0 Å². The SMILES string of the molecule is c1ccc(-c2nc(-c3ccccc3)nc(-c3ccc(-c4ccc(-c5cc(-c6cccnc6)nc(-c6cccnc6)c5)cc4)cc3)n2)cc1. The van der Waals surface area contributed by atoms with Gasteiger partial charge in [0.2, 0.25) is 0 Å². The van der Waals surface area contributed by atoms with Gasteiger partial charge in [0.05, 0.1) is 11.4 Å². The molecule has 0 aliphatic carbocycles. The van der Waals surface area contributed by atoms with Crippen LogP contribution >= 0.6 is 0 Å². The molecule has 0 radical (unpaired) electrons. The molecule has 0 spiro atoms. The molecule has 0 aliphatic rings. The predicted octanol–water partition coefficient (Wildman–Crippen LogP) is 9.73. The first kappa shape index (κ1) is 28.8. The molecule has 0 amide bonds. The largest absolute Gasteiger partial charge is 0.264 e. The van der Waals surface area contributed by atoms with Gasteiger partial charge in [-0.3, -0.25) is 9.97 Å². The van der Waals surface area contributed by atoms with Crippen LogP contribution in [0.25, 0.3) is 78.9 Å². The van der Waals surface area contributed by atoms with Crippen molar-refractivity contribution in [3.8, 4) is 78.9 Å². The van der Waals surface area contributed by atoms with Crippen molar-refractivity contribution in [1.29, 1.82) is 0 Å². The molecule has 0 saturated carbocycles. The van der Waals surface area contributed by atoms with Gasteiger partial charge in [-0.1, -0.05) is 109 Å². The third kappa shape index (κ3) is 6.10. The fourth-order valence-electron chi connectivity index (χ4n) is 5.63. The first-order chi connectivity index (χ1) is 23.8. The lowest BCUT2D eigenvalue weighted by Crippen LogP contribution is -2.00. The van der Waals surface area contributed by atoms with E-state index in [1.165, 1.54) is 0 Å². The van der Waals surface area contributed by atoms with Gasteiger partial charge >= 0.3 is 0 Å². The first-order valence-electron chi connectivity index (χ1n) is 15.7. The van der Waals surface area contributed by atoms with Gasteiger partial charge in [0, 0.05) is 52.6 Å². The van der Waals surface area contributed by atoms with Crippen molar-refractivity contribution in [2.75, 3.05) is 0 Å². The second-order valence-corrected chi connectivity index (χ2v) is 11.3. The highest BCUT2D eigenvalue weighted by Gasteiger charge is 2.13. The Kier molecular flexibility index (Phi) is 7.79. The van der Waals surface area contributed by atoms with Crippen molar-refractivity contribution in [1.82, 2.24) is 29.9 Å². The summed E-state index contributed by atoms with van der Waals surface area (Å²) < 4.78 is 0. The summed E-state index contributed by atoms with van der Waals surface area (Å²) in [6.07, 6.45) is 7.23. The van der Waals surface area contributed by atoms with Gasteiger partial charge in [0.15, 0.2) is 17.5 Å². The van der Waals surface area contributed by atoms with Gasteiger partial charge in [-0.2, -0.15) is 0 Å². The smallest absolute Gasteiger partial charge is 0.164 e. The predicted molar refractivity (Wildman–Crippen MR) is 191 cm³/mol. The van der Waals surface area contributed by atoms with E-state index in [1.54, 1.807) is 12.4 Å². The van der Waals surface area contributed by atoms with Gasteiger partial charge in [-0.25, -0.2) is 19.9 Å². The lowest BCUT2D eigenvalue weighted by Gasteiger charge is -2.11. The zero-order valence-corrected chi connectivity index (χ0v) is 25.8. The number of hydrogen-bond acceptors (Lipinski definition) is 6. The Balaban J connectivity index is 1.11. The van der Waals surface area contributed by atoms with Crippen LogP contribution in [-0.2, 0) is 0 Å². The lowest BCUT2D eigenvalue weighted by molar-refractivity contribution is 1.07. The van der Waals surface area contributed by atoms with Crippen molar-refractivity contribution in [2.45, 2.75) is 0 Å². The molecule has 4 aromatic heterocycles. The van der Waals surface area contributed by atoms with Crippen molar-refractivity contribution < 1.29 is 0 Å². The molecule has 0 aliphatic heterocycles. The van der Waals surface area contributed by atoms with Gasteiger partial charge in [-0.05, 0) is 58.7 Å². The van der Waals surface area contributed by atoms with Gasteiger partial charge in [-0.15, -0.1) is 0 Å². The van der Waals surface area contributed by atoms with E-state index in [9.17, 15) is 0 Å². The topological polar surface area (TPSA) is 77.3 Å². The van der Waals surface area contributed by atoms with Crippen LogP contribution in [0, 0.1) is 0 Å². The van der Waals surface area contributed by atoms with E-state index < -0.39 is 0 Å². The monoisotopic (exact) mass is 616 g/mol. The summed E-state index contributed by atoms with van der Waals surface area (Å²) in [6, 6.07) is 49.2. The maximum atomic E-state index is 4.95. The Morgan fingerprint density at radius 2 is 0.625 bits per heavy atom. The van der Waals surface area contributed by atoms with Crippen LogP contribution in [-0.4, -0.2) is 29.9 Å². The summed E-state index contributed by atoms with van der Waals surface area (Å²) in [6.45, 7) is 0. The minimum Gasteiger partial charge on any atom is -0.264 e. The van der Waals surface area contributed by atoms with Crippen LogP contribution in [0.15, 0.2) is 170 Å². The number of hydrogen-bond donors (Lipinski definition) is 0. The molecule has 4 aromatic carbocycles. The Morgan fingerprint density at radius 1 is 0.271 bits per heavy atom. The molecule has 8 aromatic rings. The summed E-state index contributed by atoms with van der Waals surface area (Å²) in [4.78, 5) is 28.1. The van der Waals surface area contributed by atoms with E-state index in [1.807, 2.05) is 97.3 Å². The fraction of sp³-hybridized carbons (Fsp3) is 0. The summed E-state index contributed by atoms with van der Waals surface area (Å²) in [5, 5.41) is 0. The quantitative estimate of drug-likeness (QED) is 0.177. The molecule has 0 saturated heterocycles. The van der Waals surface area contributed by atoms with Crippen LogP contribution in [0.2, 0.25) is 0 Å². The minimum absolute atomic E-state index is 0.635. The first-order valence-corrected chi connectivity index (χ1v) is 15.7. The third-order valence-corrected chi connectivity index (χ3v) is 8.13. The highest BCUT2D eigenvalue weighted by Crippen LogP contribution is 2.32. The van der Waals surface area contributed by atoms with E-state index in [-0.39, 0.29) is 0 Å². The van der Waals surface area contributed by atoms with E-state index in [2.05, 4.69) is 70.6 Å². The molecule has 0 fully saturated rings. The second kappa shape index (κ2) is 13.0. The summed E-state index contributed by atoms with van der Waals surface area (Å²) in [7, 11) is 0. The Hall–Kier alpha value is -6.66. The highest BCUT2D eigenvalue weighted by molar-refractivity contribution is 5.78. The van der Waals surface area contributed by atoms with Crippen molar-refractivity contribution in [3.05, 3.63) is 170 Å². The standard InChI is InChI=1S/C42H28N6/c1-3-9-32(10-4-1)40-46-41(33-11-5-2-6-12-33)48-42(47-40)34-21-19-30(20-22-34)29-15-17-31(18-16-29)37-25-38(35-13-7-23-43-27-35)45-39(26-37)36-14-8-24-44-28-36/h1-28H. The number of pyridine rings is 3. The lowest BCUT2D eigenvalue weighted by atomic mass is 9.97. The Bertz CT molecular complexity index is 2010. The molecule has 48 heavy (non-hydrogen) atoms. The van der Waals surface area contributed by atoms with E-state index >= 15 is 0 Å². The number of nitrogens with zero attached hydrogens (tertiary/aromatic N) is 6. The molecule has 8 rings (SSSR count). The minimum atomic E-state index is 0.635. The normalized spacial score (nSPS) is 10.9. The molecule has 0 atom stereocenters. The van der Waals surface area contributed by atoms with Gasteiger partial charge in [0.25, 0.3) is 0 Å². The number of aromatic nitrogens is 6. The van der Waals surface area contributed by atoms with Crippen molar-refractivity contribution in [2.24, 2.45) is 0 Å². The average molecular weight is 617 g/mol. The molecular formula is C42H28N6. The Morgan fingerprint density at radius 3 is 1.02 bits per heavy atom. The van der Waals surface area contributed by atoms with Crippen LogP contribution in [0.3, 0.4) is 0 Å². The van der Waals surface area contributed by atoms with E-state index in [4.69, 9.17) is 19.9 Å². The summed E-state index contributed by atoms with van der Waals surface area (Å²) in [5.74, 6) is 1.93. The van der Waals surface area contributed by atoms with Crippen molar-refractivity contribution >= 4 is 0 Å². The molecule has 0 unspecified atom stereocenters. The summed E-state index contributed by atoms with van der Waals surface area (Å²) in [5.41, 5.74) is 10.9. The van der Waals surface area contributed by atoms with Gasteiger partial charge < -0.3 is 0 Å². The molecule has 226 valence electrons. The van der Waals surface area contributed by atoms with Crippen LogP contribution in [0.5, 0.6) is 0 Å². The highest BCUT2D eigenvalue weighted by atomic mass is 15.0. The molecule has 6 nitrogen and oxygen atoms in total. The maximum absolute atomic E-state index is 4.95. The molecule has 0 N–H and O–H groups in total. The van der Waals surface area contributed by atoms with Crippen LogP contribution in [0.1, 0.15) is 0 Å². The van der Waals surface area contributed by atoms with Crippen LogP contribution < -0.4 is 0 Å². The number of benzene rings is 4. The molecular weight excluding hydrogens is 589 g/mol. The zero-order chi connectivity index (χ0) is 32.1. The zero-order valence-electron chi connectivity index (χ0n) is 25.8. The molecule has 0 bridgehead atoms. The Labute approximate surface area is 278 Å². The average Bonchev–Trinajstić information content (AvgIpc) is 3.19. The second-order valence-electron chi connectivity index (χ2n) is 11.3.